The van der Waals surface area contributed by atoms with E-state index in [0.717, 1.165) is 25.3 Å². The van der Waals surface area contributed by atoms with E-state index < -0.39 is 17.8 Å². The van der Waals surface area contributed by atoms with E-state index in [4.69, 9.17) is 10.5 Å². The van der Waals surface area contributed by atoms with E-state index in [2.05, 4.69) is 22.8 Å². The van der Waals surface area contributed by atoms with Gasteiger partial charge in [0.15, 0.2) is 0 Å². The number of carbonyl (C=O) groups excluding carboxylic acids is 1. The fourth-order valence-corrected chi connectivity index (χ4v) is 4.86. The Kier molecular flexibility index (Phi) is 6.39. The summed E-state index contributed by atoms with van der Waals surface area (Å²) in [5, 5.41) is 6.33. The summed E-state index contributed by atoms with van der Waals surface area (Å²) in [4.78, 5) is 11.8. The fraction of sp³-hybridized carbons (Fsp3) is 0.522. The highest BCUT2D eigenvalue weighted by Crippen LogP contribution is 2.49. The lowest BCUT2D eigenvalue weighted by atomic mass is 9.73. The van der Waals surface area contributed by atoms with Crippen molar-refractivity contribution in [3.8, 4) is 0 Å². The van der Waals surface area contributed by atoms with Crippen molar-refractivity contribution in [2.24, 2.45) is 17.6 Å². The summed E-state index contributed by atoms with van der Waals surface area (Å²) >= 11 is 0. The highest BCUT2D eigenvalue weighted by molar-refractivity contribution is 5.76. The summed E-state index contributed by atoms with van der Waals surface area (Å²) < 4.78 is 46.5. The van der Waals surface area contributed by atoms with Gasteiger partial charge in [-0.2, -0.15) is 13.2 Å². The van der Waals surface area contributed by atoms with Crippen molar-refractivity contribution in [2.45, 2.75) is 50.1 Å². The maximum Gasteiger partial charge on any atom is 0.416 e. The fourth-order valence-electron chi connectivity index (χ4n) is 4.86. The molecule has 0 aromatic heterocycles. The summed E-state index contributed by atoms with van der Waals surface area (Å²) in [5.74, 6) is 0.153. The number of anilines is 1. The average molecular weight is 435 g/mol. The van der Waals surface area contributed by atoms with Crippen molar-refractivity contribution in [3.05, 3.63) is 53.6 Å². The van der Waals surface area contributed by atoms with Gasteiger partial charge in [0.25, 0.3) is 0 Å². The molecule has 168 valence electrons. The minimum atomic E-state index is -4.41. The lowest BCUT2D eigenvalue weighted by Gasteiger charge is -2.47. The Morgan fingerprint density at radius 3 is 2.81 bits per heavy atom. The molecule has 1 fully saturated rings. The first kappa shape index (κ1) is 21.9. The van der Waals surface area contributed by atoms with Crippen LogP contribution in [-0.4, -0.2) is 31.1 Å². The molecule has 2 aliphatic heterocycles. The molecule has 5 atom stereocenters. The van der Waals surface area contributed by atoms with Gasteiger partial charge in [0.05, 0.1) is 17.8 Å². The molecule has 1 saturated heterocycles. The average Bonchev–Trinajstić information content (AvgIpc) is 2.77. The molecule has 4 N–H and O–H groups in total. The minimum absolute atomic E-state index is 0.0492. The molecule has 1 amide bonds. The zero-order valence-electron chi connectivity index (χ0n) is 17.2. The summed E-state index contributed by atoms with van der Waals surface area (Å²) in [6.07, 6.45) is 5.86. The Hall–Kier alpha value is -2.32. The number of halogens is 3. The predicted molar refractivity (Wildman–Crippen MR) is 112 cm³/mol. The van der Waals surface area contributed by atoms with Gasteiger partial charge < -0.3 is 21.1 Å². The van der Waals surface area contributed by atoms with Gasteiger partial charge in [-0.25, -0.2) is 0 Å². The first-order valence-corrected chi connectivity index (χ1v) is 10.8. The quantitative estimate of drug-likeness (QED) is 0.655. The highest BCUT2D eigenvalue weighted by atomic mass is 19.4. The first-order chi connectivity index (χ1) is 14.9. The van der Waals surface area contributed by atoms with E-state index in [1.54, 1.807) is 0 Å². The number of alkyl halides is 3. The van der Waals surface area contributed by atoms with Crippen LogP contribution in [0.3, 0.4) is 0 Å². The number of nitrogens with two attached hydrogens (primary N) is 1. The summed E-state index contributed by atoms with van der Waals surface area (Å²) in [6, 6.07) is 3.91. The van der Waals surface area contributed by atoms with Gasteiger partial charge >= 0.3 is 6.18 Å². The molecule has 0 spiro atoms. The molecule has 1 aromatic rings. The van der Waals surface area contributed by atoms with Crippen LogP contribution >= 0.6 is 0 Å². The lowest BCUT2D eigenvalue weighted by Crippen LogP contribution is -2.48. The molecule has 0 radical (unpaired) electrons. The third-order valence-electron chi connectivity index (χ3n) is 6.39. The predicted octanol–water partition coefficient (Wildman–Crippen LogP) is 3.93. The van der Waals surface area contributed by atoms with Crippen LogP contribution in [0.2, 0.25) is 0 Å². The number of nitrogens with one attached hydrogen (secondary N) is 2. The SMILES string of the molecule is NCCC(=O)NC[C@H]1CC[C@@H]2[C@H](O1)c1cc(C(F)(F)F)ccc1N[C@H]2C1C=CC=CC1. The lowest BCUT2D eigenvalue weighted by molar-refractivity contribution is -0.138. The number of hydrogen-bond acceptors (Lipinski definition) is 4. The molecule has 0 bridgehead atoms. The number of carbonyl (C=O) groups is 1. The van der Waals surface area contributed by atoms with Crippen LogP contribution in [0.1, 0.15) is 42.9 Å². The first-order valence-electron chi connectivity index (χ1n) is 10.8. The second-order valence-electron chi connectivity index (χ2n) is 8.45. The van der Waals surface area contributed by atoms with E-state index in [1.165, 1.54) is 12.1 Å². The molecular weight excluding hydrogens is 407 g/mol. The van der Waals surface area contributed by atoms with Crippen LogP contribution in [0.25, 0.3) is 0 Å². The summed E-state index contributed by atoms with van der Waals surface area (Å²) in [7, 11) is 0. The van der Waals surface area contributed by atoms with E-state index in [-0.39, 0.29) is 42.9 Å². The normalized spacial score (nSPS) is 29.6. The molecule has 31 heavy (non-hydrogen) atoms. The van der Waals surface area contributed by atoms with Crippen molar-refractivity contribution >= 4 is 11.6 Å². The van der Waals surface area contributed by atoms with E-state index in [9.17, 15) is 18.0 Å². The Morgan fingerprint density at radius 1 is 1.26 bits per heavy atom. The molecule has 3 aliphatic rings. The van der Waals surface area contributed by atoms with Crippen molar-refractivity contribution in [3.63, 3.8) is 0 Å². The Labute approximate surface area is 179 Å². The summed E-state index contributed by atoms with van der Waals surface area (Å²) in [6.45, 7) is 0.604. The molecule has 8 heteroatoms. The van der Waals surface area contributed by atoms with Crippen molar-refractivity contribution in [1.29, 1.82) is 0 Å². The molecule has 5 nitrogen and oxygen atoms in total. The Morgan fingerprint density at radius 2 is 2.10 bits per heavy atom. The van der Waals surface area contributed by atoms with Crippen LogP contribution in [0.4, 0.5) is 18.9 Å². The standard InChI is InChI=1S/C23H28F3N3O2/c24-23(25,26)15-6-9-19-18(12-15)22-17(21(29-19)14-4-2-1-3-5-14)8-7-16(31-22)13-28-20(30)10-11-27/h1-4,6,9,12,14,16-17,21-22,29H,5,7-8,10-11,13,27H2,(H,28,30)/t14?,16-,17+,21+,22+/m1/s1. The monoisotopic (exact) mass is 435 g/mol. The second-order valence-corrected chi connectivity index (χ2v) is 8.45. The number of ether oxygens (including phenoxy) is 1. The highest BCUT2D eigenvalue weighted by Gasteiger charge is 2.45. The Bertz CT molecular complexity index is 868. The van der Waals surface area contributed by atoms with Crippen LogP contribution in [0.5, 0.6) is 0 Å². The zero-order chi connectivity index (χ0) is 22.0. The van der Waals surface area contributed by atoms with Gasteiger partial charge in [0.1, 0.15) is 0 Å². The van der Waals surface area contributed by atoms with Crippen LogP contribution in [0, 0.1) is 11.8 Å². The van der Waals surface area contributed by atoms with Gasteiger partial charge in [0.2, 0.25) is 5.91 Å². The number of hydrogen-bond donors (Lipinski definition) is 3. The topological polar surface area (TPSA) is 76.4 Å². The molecular formula is C23H28F3N3O2. The zero-order valence-corrected chi connectivity index (χ0v) is 17.2. The largest absolute Gasteiger partial charge is 0.416 e. The van der Waals surface area contributed by atoms with E-state index >= 15 is 0 Å². The smallest absolute Gasteiger partial charge is 0.381 e. The molecule has 1 aromatic carbocycles. The van der Waals surface area contributed by atoms with Gasteiger partial charge in [-0.15, -0.1) is 0 Å². The third-order valence-corrected chi connectivity index (χ3v) is 6.39. The van der Waals surface area contributed by atoms with Crippen molar-refractivity contribution in [2.75, 3.05) is 18.4 Å². The maximum atomic E-state index is 13.4. The van der Waals surface area contributed by atoms with E-state index in [1.807, 2.05) is 12.2 Å². The summed E-state index contributed by atoms with van der Waals surface area (Å²) in [5.41, 5.74) is 5.97. The number of rotatable bonds is 5. The van der Waals surface area contributed by atoms with E-state index in [0.29, 0.717) is 17.8 Å². The van der Waals surface area contributed by atoms with Crippen molar-refractivity contribution in [1.82, 2.24) is 5.32 Å². The number of allylic oxidation sites excluding steroid dienone is 3. The number of amides is 1. The third kappa shape index (κ3) is 4.80. The van der Waals surface area contributed by atoms with Gasteiger partial charge in [-0.3, -0.25) is 4.79 Å². The molecule has 1 aliphatic carbocycles. The van der Waals surface area contributed by atoms with Gasteiger partial charge in [-0.1, -0.05) is 24.3 Å². The molecule has 0 saturated carbocycles. The van der Waals surface area contributed by atoms with Gasteiger partial charge in [0, 0.05) is 48.6 Å². The second kappa shape index (κ2) is 9.04. The number of benzene rings is 1. The Balaban J connectivity index is 1.60. The van der Waals surface area contributed by atoms with Gasteiger partial charge in [-0.05, 0) is 37.5 Å². The van der Waals surface area contributed by atoms with Crippen molar-refractivity contribution < 1.29 is 22.7 Å². The van der Waals surface area contributed by atoms with Crippen LogP contribution < -0.4 is 16.4 Å². The molecule has 1 unspecified atom stereocenters. The molecule has 4 rings (SSSR count). The molecule has 2 heterocycles. The maximum absolute atomic E-state index is 13.4. The van der Waals surface area contributed by atoms with Crippen LogP contribution in [-0.2, 0) is 15.7 Å². The van der Waals surface area contributed by atoms with Crippen LogP contribution in [0.15, 0.2) is 42.5 Å². The number of fused-ring (bicyclic) bond motifs is 3. The minimum Gasteiger partial charge on any atom is -0.381 e.